The lowest BCUT2D eigenvalue weighted by atomic mass is 9.56. The molecule has 8 N–H and O–H groups in total. The number of hydrogen-bond donors (Lipinski definition) is 7. The van der Waals surface area contributed by atoms with Crippen molar-refractivity contribution < 1.29 is 34.8 Å². The van der Waals surface area contributed by atoms with Gasteiger partial charge in [0.05, 0.1) is 29.6 Å². The van der Waals surface area contributed by atoms with Crippen LogP contribution in [0.2, 0.25) is 0 Å². The number of carbonyl (C=O) groups excluding carboxylic acids is 3. The van der Waals surface area contributed by atoms with Crippen LogP contribution in [0.3, 0.4) is 0 Å². The highest BCUT2D eigenvalue weighted by atomic mass is 16.3. The Morgan fingerprint density at radius 1 is 1.25 bits per heavy atom. The Balaban J connectivity index is 1.66. The summed E-state index contributed by atoms with van der Waals surface area (Å²) >= 11 is 0. The average Bonchev–Trinajstić information content (AvgIpc) is 3.39. The molecule has 3 aliphatic carbocycles. The van der Waals surface area contributed by atoms with Crippen LogP contribution in [0.4, 0.5) is 11.4 Å². The molecule has 1 fully saturated rings. The standard InChI is InChI=1S/C27H34N6O7/c1-32(2)16-9-15(29-10-12-5-6-30-31-12)21(34)18-13(16)7-11-8-14-20(33(3)4)23(36)19(26(28)39)25(38)27(14,40)24(37)17(11)22(18)35/h5-6,9,11,14,19-20,23,29,34,36-37,40H,7-8,10H2,1-4H3,(H2,28,39)(H,30,31)/t11-,14-,19?,20?,23?,27-/m0/s1. The van der Waals surface area contributed by atoms with E-state index in [1.165, 1.54) is 0 Å². The predicted octanol–water partition coefficient (Wildman–Crippen LogP) is -0.313. The Kier molecular flexibility index (Phi) is 6.63. The van der Waals surface area contributed by atoms with E-state index in [9.17, 15) is 34.8 Å². The number of Topliss-reactive ketones (excluding diaryl/α,β-unsaturated/α-hetero) is 2. The average molecular weight is 555 g/mol. The number of benzene rings is 1. The molecule has 0 spiro atoms. The van der Waals surface area contributed by atoms with Gasteiger partial charge in [-0.25, -0.2) is 0 Å². The van der Waals surface area contributed by atoms with E-state index < -0.39 is 58.7 Å². The van der Waals surface area contributed by atoms with Crippen molar-refractivity contribution in [2.24, 2.45) is 23.5 Å². The summed E-state index contributed by atoms with van der Waals surface area (Å²) in [6.45, 7) is 0.256. The van der Waals surface area contributed by atoms with Crippen molar-refractivity contribution in [2.75, 3.05) is 38.4 Å². The minimum atomic E-state index is -2.62. The highest BCUT2D eigenvalue weighted by Gasteiger charge is 2.66. The minimum Gasteiger partial charge on any atom is -0.508 e. The minimum absolute atomic E-state index is 0.0468. The van der Waals surface area contributed by atoms with Crippen LogP contribution in [-0.4, -0.2) is 98.9 Å². The Hall–Kier alpha value is -3.94. The van der Waals surface area contributed by atoms with E-state index in [-0.39, 0.29) is 42.0 Å². The van der Waals surface area contributed by atoms with Gasteiger partial charge in [0.25, 0.3) is 0 Å². The lowest BCUT2D eigenvalue weighted by molar-refractivity contribution is -0.178. The van der Waals surface area contributed by atoms with Gasteiger partial charge in [-0.05, 0) is 50.6 Å². The highest BCUT2D eigenvalue weighted by Crippen LogP contribution is 2.54. The number of primary amides is 1. The number of H-pyrrole nitrogens is 1. The predicted molar refractivity (Wildman–Crippen MR) is 144 cm³/mol. The van der Waals surface area contributed by atoms with Crippen molar-refractivity contribution in [3.05, 3.63) is 46.5 Å². The van der Waals surface area contributed by atoms with Gasteiger partial charge < -0.3 is 41.3 Å². The van der Waals surface area contributed by atoms with Crippen molar-refractivity contribution in [3.8, 4) is 5.75 Å². The van der Waals surface area contributed by atoms with Gasteiger partial charge in [0.2, 0.25) is 5.91 Å². The maximum absolute atomic E-state index is 14.0. The fourth-order valence-corrected chi connectivity index (χ4v) is 6.76. The summed E-state index contributed by atoms with van der Waals surface area (Å²) in [5.74, 6) is -7.65. The second kappa shape index (κ2) is 9.61. The molecule has 1 heterocycles. The van der Waals surface area contributed by atoms with Gasteiger partial charge in [0, 0.05) is 43.5 Å². The zero-order chi connectivity index (χ0) is 29.3. The Labute approximate surface area is 230 Å². The van der Waals surface area contributed by atoms with E-state index in [4.69, 9.17) is 5.73 Å². The normalized spacial score (nSPS) is 29.6. The molecule has 1 amide bonds. The van der Waals surface area contributed by atoms with Crippen LogP contribution >= 0.6 is 0 Å². The van der Waals surface area contributed by atoms with Gasteiger partial charge in [0.1, 0.15) is 17.4 Å². The van der Waals surface area contributed by atoms with Crippen LogP contribution < -0.4 is 16.0 Å². The molecule has 3 aliphatic rings. The Bertz CT molecular complexity index is 1420. The van der Waals surface area contributed by atoms with Gasteiger partial charge in [-0.3, -0.25) is 19.5 Å². The number of nitrogens with one attached hydrogen (secondary N) is 2. The van der Waals surface area contributed by atoms with Crippen molar-refractivity contribution >= 4 is 28.8 Å². The van der Waals surface area contributed by atoms with Crippen LogP contribution in [0.15, 0.2) is 29.7 Å². The number of anilines is 2. The molecular formula is C27H34N6O7. The van der Waals surface area contributed by atoms with E-state index in [2.05, 4.69) is 15.5 Å². The van der Waals surface area contributed by atoms with Crippen LogP contribution in [0.1, 0.15) is 28.0 Å². The molecular weight excluding hydrogens is 520 g/mol. The fourth-order valence-electron chi connectivity index (χ4n) is 6.76. The molecule has 5 rings (SSSR count). The van der Waals surface area contributed by atoms with Gasteiger partial charge in [-0.1, -0.05) is 0 Å². The summed E-state index contributed by atoms with van der Waals surface area (Å²) in [6, 6.07) is 2.57. The number of phenols is 1. The quantitative estimate of drug-likeness (QED) is 0.182. The number of nitrogens with zero attached hydrogens (tertiary/aromatic N) is 3. The third-order valence-corrected chi connectivity index (χ3v) is 8.57. The SMILES string of the molecule is CN(C)c1cc(NCc2cc[nH]n2)c(O)c2c1C[C@H]1C[C@H]3C(N(C)C)C(O)C(C(N)=O)C(=O)[C@@]3(O)C(O)=C1C2=O. The number of ketones is 2. The first-order valence-electron chi connectivity index (χ1n) is 13.0. The number of fused-ring (bicyclic) bond motifs is 3. The lowest BCUT2D eigenvalue weighted by Gasteiger charge is -2.53. The number of aromatic nitrogens is 2. The van der Waals surface area contributed by atoms with E-state index in [0.29, 0.717) is 16.9 Å². The van der Waals surface area contributed by atoms with E-state index in [0.717, 1.165) is 0 Å². The molecule has 3 unspecified atom stereocenters. The maximum Gasteiger partial charge on any atom is 0.230 e. The van der Waals surface area contributed by atoms with E-state index in [1.54, 1.807) is 51.4 Å². The number of phenolic OH excluding ortho intramolecular Hbond substituents is 1. The summed E-state index contributed by atoms with van der Waals surface area (Å²) in [5, 5.41) is 55.4. The van der Waals surface area contributed by atoms with Crippen LogP contribution in [-0.2, 0) is 22.6 Å². The van der Waals surface area contributed by atoms with Crippen molar-refractivity contribution in [1.29, 1.82) is 0 Å². The van der Waals surface area contributed by atoms with Crippen molar-refractivity contribution in [2.45, 2.75) is 37.1 Å². The second-order valence-electron chi connectivity index (χ2n) is 11.2. The Morgan fingerprint density at radius 3 is 2.52 bits per heavy atom. The third kappa shape index (κ3) is 3.87. The van der Waals surface area contributed by atoms with Crippen molar-refractivity contribution in [3.63, 3.8) is 0 Å². The van der Waals surface area contributed by atoms with Crippen LogP contribution in [0.5, 0.6) is 5.75 Å². The number of hydrogen-bond acceptors (Lipinski definition) is 11. The van der Waals surface area contributed by atoms with E-state index in [1.807, 2.05) is 4.90 Å². The number of carbonyl (C=O) groups is 3. The highest BCUT2D eigenvalue weighted by molar-refractivity contribution is 6.17. The number of aliphatic hydroxyl groups excluding tert-OH is 2. The molecule has 0 aliphatic heterocycles. The van der Waals surface area contributed by atoms with Crippen molar-refractivity contribution in [1.82, 2.24) is 15.1 Å². The van der Waals surface area contributed by atoms with Gasteiger partial charge in [0.15, 0.2) is 17.2 Å². The van der Waals surface area contributed by atoms with Gasteiger partial charge in [-0.15, -0.1) is 0 Å². The zero-order valence-corrected chi connectivity index (χ0v) is 22.7. The number of likely N-dealkylation sites (N-methyl/N-ethyl adjacent to an activating group) is 1. The zero-order valence-electron chi connectivity index (χ0n) is 22.7. The molecule has 1 aromatic heterocycles. The first-order chi connectivity index (χ1) is 18.8. The number of aromatic hydroxyl groups is 1. The number of aliphatic hydroxyl groups is 3. The Morgan fingerprint density at radius 2 is 1.95 bits per heavy atom. The maximum atomic E-state index is 14.0. The molecule has 13 nitrogen and oxygen atoms in total. The summed E-state index contributed by atoms with van der Waals surface area (Å²) in [4.78, 5) is 43.1. The summed E-state index contributed by atoms with van der Waals surface area (Å²) in [6.07, 6.45) is 0.419. The smallest absolute Gasteiger partial charge is 0.230 e. The van der Waals surface area contributed by atoms with E-state index >= 15 is 0 Å². The largest absolute Gasteiger partial charge is 0.508 e. The molecule has 13 heteroatoms. The molecule has 1 aromatic carbocycles. The number of amides is 1. The molecule has 0 bridgehead atoms. The summed E-state index contributed by atoms with van der Waals surface area (Å²) in [5.41, 5.74) is 4.75. The number of nitrogens with two attached hydrogens (primary N) is 1. The number of allylic oxidation sites excluding steroid dienone is 1. The lowest BCUT2D eigenvalue weighted by Crippen LogP contribution is -2.71. The number of rotatable bonds is 6. The molecule has 6 atom stereocenters. The molecule has 1 saturated carbocycles. The first-order valence-corrected chi connectivity index (χ1v) is 13.0. The molecule has 0 radical (unpaired) electrons. The molecule has 214 valence electrons. The summed E-state index contributed by atoms with van der Waals surface area (Å²) in [7, 11) is 6.86. The fraction of sp³-hybridized carbons (Fsp3) is 0.481. The van der Waals surface area contributed by atoms with Crippen LogP contribution in [0, 0.1) is 17.8 Å². The topological polar surface area (TPSA) is 205 Å². The van der Waals surface area contributed by atoms with Gasteiger partial charge >= 0.3 is 0 Å². The van der Waals surface area contributed by atoms with Crippen LogP contribution in [0.25, 0.3) is 0 Å². The van der Waals surface area contributed by atoms with Gasteiger partial charge in [-0.2, -0.15) is 5.10 Å². The summed E-state index contributed by atoms with van der Waals surface area (Å²) < 4.78 is 0. The second-order valence-corrected chi connectivity index (χ2v) is 11.2. The molecule has 0 saturated heterocycles. The molecule has 40 heavy (non-hydrogen) atoms. The molecule has 2 aromatic rings. The monoisotopic (exact) mass is 554 g/mol. The number of aromatic amines is 1. The third-order valence-electron chi connectivity index (χ3n) is 8.57. The first kappa shape index (κ1) is 27.6.